The number of likely N-dealkylation sites (N-methyl/N-ethyl adjacent to an activating group) is 1. The van der Waals surface area contributed by atoms with E-state index in [1.807, 2.05) is 19.0 Å². The van der Waals surface area contributed by atoms with Crippen molar-refractivity contribution in [2.45, 2.75) is 25.8 Å². The van der Waals surface area contributed by atoms with Gasteiger partial charge in [-0.3, -0.25) is 4.79 Å². The van der Waals surface area contributed by atoms with Gasteiger partial charge in [0.2, 0.25) is 0 Å². The fourth-order valence-corrected chi connectivity index (χ4v) is 2.97. The highest BCUT2D eigenvalue weighted by molar-refractivity contribution is 5.94. The van der Waals surface area contributed by atoms with E-state index in [4.69, 9.17) is 4.74 Å². The minimum absolute atomic E-state index is 0.0821. The van der Waals surface area contributed by atoms with Crippen molar-refractivity contribution in [2.24, 2.45) is 0 Å². The molecule has 0 atom stereocenters. The van der Waals surface area contributed by atoms with E-state index in [1.165, 1.54) is 0 Å². The maximum Gasteiger partial charge on any atom is 0.352 e. The van der Waals surface area contributed by atoms with E-state index >= 15 is 0 Å². The molecule has 0 bridgehead atoms. The topological polar surface area (TPSA) is 71.8 Å². The first-order valence-corrected chi connectivity index (χ1v) is 8.10. The van der Waals surface area contributed by atoms with Gasteiger partial charge in [0, 0.05) is 23.5 Å². The van der Waals surface area contributed by atoms with Crippen LogP contribution in [0.25, 0.3) is 10.9 Å². The van der Waals surface area contributed by atoms with Crippen LogP contribution in [-0.4, -0.2) is 47.8 Å². The summed E-state index contributed by atoms with van der Waals surface area (Å²) in [5.41, 5.74) is 0.732. The molecule has 6 heteroatoms. The van der Waals surface area contributed by atoms with Crippen LogP contribution in [0.2, 0.25) is 0 Å². The Morgan fingerprint density at radius 1 is 1.38 bits per heavy atom. The monoisotopic (exact) mass is 330 g/mol. The van der Waals surface area contributed by atoms with Crippen molar-refractivity contribution in [3.05, 3.63) is 39.7 Å². The summed E-state index contributed by atoms with van der Waals surface area (Å²) >= 11 is 0. The summed E-state index contributed by atoms with van der Waals surface area (Å²) in [5.74, 6) is -0.498. The molecule has 24 heavy (non-hydrogen) atoms. The summed E-state index contributed by atoms with van der Waals surface area (Å²) in [5, 5.41) is 10.2. The van der Waals surface area contributed by atoms with E-state index < -0.39 is 5.97 Å². The van der Waals surface area contributed by atoms with E-state index in [-0.39, 0.29) is 22.7 Å². The van der Waals surface area contributed by atoms with Crippen LogP contribution in [0.15, 0.2) is 23.0 Å². The lowest BCUT2D eigenvalue weighted by molar-refractivity contribution is 0.0683. The summed E-state index contributed by atoms with van der Waals surface area (Å²) in [6, 6.07) is 5.45. The molecule has 128 valence electrons. The molecule has 0 aliphatic heterocycles. The number of aromatic carboxylic acids is 1. The molecule has 1 aromatic carbocycles. The van der Waals surface area contributed by atoms with Crippen molar-refractivity contribution in [3.8, 4) is 5.75 Å². The first kappa shape index (κ1) is 16.5. The zero-order chi connectivity index (χ0) is 17.4. The van der Waals surface area contributed by atoms with Crippen molar-refractivity contribution >= 4 is 16.9 Å². The number of nitrogens with zero attached hydrogens (tertiary/aromatic N) is 2. The van der Waals surface area contributed by atoms with Crippen molar-refractivity contribution in [2.75, 3.05) is 27.2 Å². The minimum atomic E-state index is -1.07. The first-order chi connectivity index (χ1) is 11.4. The molecule has 2 aromatic rings. The second-order valence-corrected chi connectivity index (χ2v) is 6.51. The number of rotatable bonds is 6. The van der Waals surface area contributed by atoms with Crippen LogP contribution < -0.4 is 10.2 Å². The number of fused-ring (bicyclic) bond motifs is 1. The number of pyridine rings is 1. The third kappa shape index (κ3) is 2.89. The van der Waals surface area contributed by atoms with Gasteiger partial charge in [-0.15, -0.1) is 0 Å². The van der Waals surface area contributed by atoms with Crippen LogP contribution >= 0.6 is 0 Å². The SMILES string of the molecule is Cc1c(C(=O)O)n(C2CC2)c2c(OCCN(C)C)cccc2c1=O. The molecule has 3 rings (SSSR count). The number of carbonyl (C=O) groups is 1. The van der Waals surface area contributed by atoms with Crippen molar-refractivity contribution in [1.82, 2.24) is 9.47 Å². The number of carboxylic acids is 1. The molecule has 1 fully saturated rings. The molecule has 6 nitrogen and oxygen atoms in total. The van der Waals surface area contributed by atoms with Crippen LogP contribution in [0, 0.1) is 6.92 Å². The highest BCUT2D eigenvalue weighted by atomic mass is 16.5. The summed E-state index contributed by atoms with van der Waals surface area (Å²) < 4.78 is 7.68. The van der Waals surface area contributed by atoms with E-state index in [0.29, 0.717) is 23.3 Å². The Labute approximate surface area is 140 Å². The predicted molar refractivity (Wildman–Crippen MR) is 92.2 cm³/mol. The Kier molecular flexibility index (Phi) is 4.32. The Balaban J connectivity index is 2.23. The zero-order valence-corrected chi connectivity index (χ0v) is 14.2. The fraction of sp³-hybridized carbons (Fsp3) is 0.444. The van der Waals surface area contributed by atoms with Crippen molar-refractivity contribution in [1.29, 1.82) is 0 Å². The van der Waals surface area contributed by atoms with Crippen LogP contribution in [0.4, 0.5) is 0 Å². The molecule has 0 saturated heterocycles. The van der Waals surface area contributed by atoms with Gasteiger partial charge < -0.3 is 19.3 Å². The summed E-state index contributed by atoms with van der Waals surface area (Å²) in [4.78, 5) is 26.4. The lowest BCUT2D eigenvalue weighted by atomic mass is 10.1. The maximum atomic E-state index is 12.6. The van der Waals surface area contributed by atoms with Gasteiger partial charge in [0.15, 0.2) is 5.43 Å². The maximum absolute atomic E-state index is 12.6. The van der Waals surface area contributed by atoms with Crippen molar-refractivity contribution in [3.63, 3.8) is 0 Å². The van der Waals surface area contributed by atoms with Gasteiger partial charge in [0.05, 0.1) is 5.52 Å². The number of para-hydroxylation sites is 1. The van der Waals surface area contributed by atoms with E-state index in [0.717, 1.165) is 19.4 Å². The van der Waals surface area contributed by atoms with Crippen molar-refractivity contribution < 1.29 is 14.6 Å². The molecular formula is C18H22N2O4. The van der Waals surface area contributed by atoms with Gasteiger partial charge in [0.25, 0.3) is 0 Å². The number of carboxylic acid groups (broad SMARTS) is 1. The quantitative estimate of drug-likeness (QED) is 0.880. The number of ether oxygens (including phenoxy) is 1. The Bertz CT molecular complexity index is 850. The fourth-order valence-electron chi connectivity index (χ4n) is 2.97. The molecule has 0 unspecified atom stereocenters. The number of hydrogen-bond donors (Lipinski definition) is 1. The second-order valence-electron chi connectivity index (χ2n) is 6.51. The number of hydrogen-bond acceptors (Lipinski definition) is 4. The number of benzene rings is 1. The van der Waals surface area contributed by atoms with E-state index in [9.17, 15) is 14.7 Å². The van der Waals surface area contributed by atoms with E-state index in [1.54, 1.807) is 29.7 Å². The third-order valence-corrected chi connectivity index (χ3v) is 4.33. The van der Waals surface area contributed by atoms with Gasteiger partial charge in [-0.25, -0.2) is 4.79 Å². The minimum Gasteiger partial charge on any atom is -0.490 e. The average molecular weight is 330 g/mol. The van der Waals surface area contributed by atoms with Crippen LogP contribution in [0.5, 0.6) is 5.75 Å². The molecule has 0 spiro atoms. The lowest BCUT2D eigenvalue weighted by Gasteiger charge is -2.19. The Morgan fingerprint density at radius 2 is 2.08 bits per heavy atom. The molecule has 1 aliphatic rings. The summed E-state index contributed by atoms with van der Waals surface area (Å²) in [6.45, 7) is 2.80. The molecule has 1 aromatic heterocycles. The molecular weight excluding hydrogens is 308 g/mol. The van der Waals surface area contributed by atoms with Crippen LogP contribution in [0.1, 0.15) is 34.9 Å². The molecule has 1 heterocycles. The highest BCUT2D eigenvalue weighted by Crippen LogP contribution is 2.40. The van der Waals surface area contributed by atoms with E-state index in [2.05, 4.69) is 0 Å². The highest BCUT2D eigenvalue weighted by Gasteiger charge is 2.32. The van der Waals surface area contributed by atoms with Crippen LogP contribution in [-0.2, 0) is 0 Å². The summed E-state index contributed by atoms with van der Waals surface area (Å²) in [7, 11) is 3.91. The Hall–Kier alpha value is -2.34. The van der Waals surface area contributed by atoms with Gasteiger partial charge >= 0.3 is 5.97 Å². The Morgan fingerprint density at radius 3 is 2.67 bits per heavy atom. The predicted octanol–water partition coefficient (Wildman–Crippen LogP) is 2.28. The first-order valence-electron chi connectivity index (χ1n) is 8.10. The smallest absolute Gasteiger partial charge is 0.352 e. The number of aromatic nitrogens is 1. The third-order valence-electron chi connectivity index (χ3n) is 4.33. The van der Waals surface area contributed by atoms with Crippen LogP contribution in [0.3, 0.4) is 0 Å². The standard InChI is InChI=1S/C18H22N2O4/c1-11-15(18(22)23)20(12-7-8-12)16-13(17(11)21)5-4-6-14(16)24-10-9-19(2)3/h4-6,12H,7-10H2,1-3H3,(H,22,23). The van der Waals surface area contributed by atoms with Gasteiger partial charge in [-0.1, -0.05) is 6.07 Å². The molecule has 1 aliphatic carbocycles. The summed E-state index contributed by atoms with van der Waals surface area (Å²) in [6.07, 6.45) is 1.84. The molecule has 1 N–H and O–H groups in total. The van der Waals surface area contributed by atoms with Gasteiger partial charge in [-0.05, 0) is 46.0 Å². The van der Waals surface area contributed by atoms with Gasteiger partial charge in [0.1, 0.15) is 18.1 Å². The molecule has 0 radical (unpaired) electrons. The zero-order valence-electron chi connectivity index (χ0n) is 14.2. The lowest BCUT2D eigenvalue weighted by Crippen LogP contribution is -2.23. The van der Waals surface area contributed by atoms with Gasteiger partial charge in [-0.2, -0.15) is 0 Å². The molecule has 0 amide bonds. The normalized spacial score (nSPS) is 14.3. The second kappa shape index (κ2) is 6.28. The largest absolute Gasteiger partial charge is 0.490 e. The molecule has 1 saturated carbocycles. The average Bonchev–Trinajstić information content (AvgIpc) is 3.34.